The Morgan fingerprint density at radius 3 is 2.62 bits per heavy atom. The van der Waals surface area contributed by atoms with Crippen molar-refractivity contribution in [2.45, 2.75) is 53.4 Å². The molecule has 1 nitrogen and oxygen atoms in total. The third kappa shape index (κ3) is 3.80. The van der Waals surface area contributed by atoms with Gasteiger partial charge in [0.1, 0.15) is 5.78 Å². The molecule has 0 aliphatic heterocycles. The van der Waals surface area contributed by atoms with E-state index >= 15 is 0 Å². The molecule has 0 bridgehead atoms. The molecule has 0 amide bonds. The van der Waals surface area contributed by atoms with Gasteiger partial charge in [0.05, 0.1) is 0 Å². The topological polar surface area (TPSA) is 17.1 Å². The molecule has 16 heavy (non-hydrogen) atoms. The number of hydrogen-bond acceptors (Lipinski definition) is 2. The summed E-state index contributed by atoms with van der Waals surface area (Å²) in [4.78, 5) is 12.1. The van der Waals surface area contributed by atoms with Crippen LogP contribution in [0.15, 0.2) is 0 Å². The fraction of sp³-hybridized carbons (Fsp3) is 0.929. The molecule has 0 aromatic heterocycles. The number of ketones is 1. The van der Waals surface area contributed by atoms with Crippen molar-refractivity contribution in [1.29, 1.82) is 0 Å². The van der Waals surface area contributed by atoms with E-state index in [4.69, 9.17) is 0 Å². The van der Waals surface area contributed by atoms with E-state index in [0.29, 0.717) is 17.6 Å². The van der Waals surface area contributed by atoms with Crippen LogP contribution in [0, 0.1) is 17.3 Å². The number of rotatable bonds is 5. The number of thioether (sulfide) groups is 1. The molecular weight excluding hydrogens is 216 g/mol. The molecule has 0 saturated heterocycles. The number of carbonyl (C=O) groups excluding carboxylic acids is 1. The molecule has 0 radical (unpaired) electrons. The van der Waals surface area contributed by atoms with E-state index in [1.54, 1.807) is 0 Å². The summed E-state index contributed by atoms with van der Waals surface area (Å²) in [5.41, 5.74) is 0.208. The molecule has 1 fully saturated rings. The second kappa shape index (κ2) is 6.09. The Balaban J connectivity index is 2.50. The van der Waals surface area contributed by atoms with Gasteiger partial charge in [-0.3, -0.25) is 4.79 Å². The Bertz CT molecular complexity index is 235. The predicted molar refractivity (Wildman–Crippen MR) is 72.9 cm³/mol. The van der Waals surface area contributed by atoms with Crippen LogP contribution in [0.1, 0.15) is 53.4 Å². The van der Waals surface area contributed by atoms with E-state index in [0.717, 1.165) is 12.8 Å². The lowest BCUT2D eigenvalue weighted by atomic mass is 9.67. The molecule has 2 atom stereocenters. The van der Waals surface area contributed by atoms with Crippen LogP contribution in [0.2, 0.25) is 0 Å². The first kappa shape index (κ1) is 14.1. The summed E-state index contributed by atoms with van der Waals surface area (Å²) in [7, 11) is 0. The SMILES string of the molecule is CCSCCC(C)(C)C1CCC(C)CC1=O. The van der Waals surface area contributed by atoms with Gasteiger partial charge in [0.15, 0.2) is 0 Å². The molecule has 1 rings (SSSR count). The third-order valence-electron chi connectivity index (χ3n) is 3.92. The van der Waals surface area contributed by atoms with Crippen LogP contribution in [-0.4, -0.2) is 17.3 Å². The highest BCUT2D eigenvalue weighted by atomic mass is 32.2. The minimum Gasteiger partial charge on any atom is -0.299 e. The molecule has 1 aliphatic rings. The largest absolute Gasteiger partial charge is 0.299 e. The second-order valence-corrected chi connectivity index (χ2v) is 7.23. The lowest BCUT2D eigenvalue weighted by Crippen LogP contribution is -2.35. The van der Waals surface area contributed by atoms with Gasteiger partial charge >= 0.3 is 0 Å². The zero-order valence-electron chi connectivity index (χ0n) is 11.2. The van der Waals surface area contributed by atoms with Gasteiger partial charge in [-0.25, -0.2) is 0 Å². The van der Waals surface area contributed by atoms with Crippen LogP contribution in [0.4, 0.5) is 0 Å². The molecule has 94 valence electrons. The average Bonchev–Trinajstić information content (AvgIpc) is 2.17. The van der Waals surface area contributed by atoms with Crippen molar-refractivity contribution in [3.8, 4) is 0 Å². The molecule has 2 heteroatoms. The quantitative estimate of drug-likeness (QED) is 0.673. The molecule has 0 spiro atoms. The van der Waals surface area contributed by atoms with Crippen LogP contribution in [0.5, 0.6) is 0 Å². The third-order valence-corrected chi connectivity index (χ3v) is 4.83. The summed E-state index contributed by atoms with van der Waals surface area (Å²) in [5.74, 6) is 3.84. The Morgan fingerprint density at radius 1 is 1.38 bits per heavy atom. The van der Waals surface area contributed by atoms with E-state index in [-0.39, 0.29) is 5.41 Å². The Hall–Kier alpha value is 0.0200. The van der Waals surface area contributed by atoms with Crippen LogP contribution in [0.25, 0.3) is 0 Å². The molecule has 0 N–H and O–H groups in total. The van der Waals surface area contributed by atoms with Gasteiger partial charge in [-0.05, 0) is 42.1 Å². The molecular formula is C14H26OS. The highest BCUT2D eigenvalue weighted by Gasteiger charge is 2.37. The summed E-state index contributed by atoms with van der Waals surface area (Å²) in [6.45, 7) is 8.96. The maximum Gasteiger partial charge on any atom is 0.136 e. The highest BCUT2D eigenvalue weighted by Crippen LogP contribution is 2.40. The molecule has 1 aliphatic carbocycles. The summed E-state index contributed by atoms with van der Waals surface area (Å²) in [5, 5.41) is 0. The summed E-state index contributed by atoms with van der Waals surface area (Å²) < 4.78 is 0. The van der Waals surface area contributed by atoms with Crippen molar-refractivity contribution < 1.29 is 4.79 Å². The predicted octanol–water partition coefficient (Wildman–Crippen LogP) is 4.16. The van der Waals surface area contributed by atoms with Crippen LogP contribution >= 0.6 is 11.8 Å². The van der Waals surface area contributed by atoms with Crippen LogP contribution in [-0.2, 0) is 4.79 Å². The Labute approximate surface area is 105 Å². The standard InChI is InChI=1S/C14H26OS/c1-5-16-9-8-14(3,4)12-7-6-11(2)10-13(12)15/h11-12H,5-10H2,1-4H3. The van der Waals surface area contributed by atoms with Gasteiger partial charge in [0, 0.05) is 12.3 Å². The summed E-state index contributed by atoms with van der Waals surface area (Å²) in [6.07, 6.45) is 4.34. The average molecular weight is 242 g/mol. The number of carbonyl (C=O) groups is 1. The fourth-order valence-corrected chi connectivity index (χ4v) is 3.64. The van der Waals surface area contributed by atoms with E-state index in [9.17, 15) is 4.79 Å². The molecule has 0 heterocycles. The zero-order valence-corrected chi connectivity index (χ0v) is 12.0. The molecule has 1 saturated carbocycles. The van der Waals surface area contributed by atoms with Crippen LogP contribution < -0.4 is 0 Å². The van der Waals surface area contributed by atoms with Crippen LogP contribution in [0.3, 0.4) is 0 Å². The minimum absolute atomic E-state index is 0.208. The minimum atomic E-state index is 0.208. The first-order valence-corrected chi connectivity index (χ1v) is 7.73. The molecule has 2 unspecified atom stereocenters. The van der Waals surface area contributed by atoms with Crippen molar-refractivity contribution in [2.75, 3.05) is 11.5 Å². The first-order chi connectivity index (χ1) is 7.47. The van der Waals surface area contributed by atoms with Crippen molar-refractivity contribution in [3.63, 3.8) is 0 Å². The Kier molecular flexibility index (Phi) is 5.36. The number of Topliss-reactive ketones (excluding diaryl/α,β-unsaturated/α-hetero) is 1. The lowest BCUT2D eigenvalue weighted by Gasteiger charge is -2.37. The second-order valence-electron chi connectivity index (χ2n) is 5.84. The number of hydrogen-bond donors (Lipinski definition) is 0. The van der Waals surface area contributed by atoms with Crippen molar-refractivity contribution in [2.24, 2.45) is 17.3 Å². The Morgan fingerprint density at radius 2 is 2.06 bits per heavy atom. The van der Waals surface area contributed by atoms with Gasteiger partial charge < -0.3 is 0 Å². The van der Waals surface area contributed by atoms with E-state index in [1.807, 2.05) is 11.8 Å². The summed E-state index contributed by atoms with van der Waals surface area (Å²) in [6, 6.07) is 0. The molecule has 0 aromatic carbocycles. The van der Waals surface area contributed by atoms with E-state index < -0.39 is 0 Å². The van der Waals surface area contributed by atoms with Gasteiger partial charge in [-0.1, -0.05) is 27.7 Å². The maximum atomic E-state index is 12.1. The van der Waals surface area contributed by atoms with Crippen molar-refractivity contribution in [1.82, 2.24) is 0 Å². The normalized spacial score (nSPS) is 27.1. The zero-order chi connectivity index (χ0) is 12.2. The highest BCUT2D eigenvalue weighted by molar-refractivity contribution is 7.99. The van der Waals surface area contributed by atoms with Crippen molar-refractivity contribution in [3.05, 3.63) is 0 Å². The van der Waals surface area contributed by atoms with Gasteiger partial charge in [0.2, 0.25) is 0 Å². The lowest BCUT2D eigenvalue weighted by molar-refractivity contribution is -0.130. The first-order valence-electron chi connectivity index (χ1n) is 6.58. The van der Waals surface area contributed by atoms with Gasteiger partial charge in [0.25, 0.3) is 0 Å². The van der Waals surface area contributed by atoms with Crippen molar-refractivity contribution >= 4 is 17.5 Å². The van der Waals surface area contributed by atoms with Gasteiger partial charge in [-0.15, -0.1) is 0 Å². The summed E-state index contributed by atoms with van der Waals surface area (Å²) >= 11 is 1.99. The monoisotopic (exact) mass is 242 g/mol. The molecule has 0 aromatic rings. The maximum absolute atomic E-state index is 12.1. The smallest absolute Gasteiger partial charge is 0.136 e. The van der Waals surface area contributed by atoms with E-state index in [1.165, 1.54) is 24.3 Å². The van der Waals surface area contributed by atoms with Gasteiger partial charge in [-0.2, -0.15) is 11.8 Å². The fourth-order valence-electron chi connectivity index (χ4n) is 2.68. The van der Waals surface area contributed by atoms with E-state index in [2.05, 4.69) is 27.7 Å².